The van der Waals surface area contributed by atoms with E-state index in [-0.39, 0.29) is 11.5 Å². The molecule has 0 aliphatic carbocycles. The third kappa shape index (κ3) is 7.07. The summed E-state index contributed by atoms with van der Waals surface area (Å²) in [6, 6.07) is 27.1. The Labute approximate surface area is 233 Å². The normalized spacial score (nSPS) is 11.2. The first kappa shape index (κ1) is 27.4. The maximum Gasteiger partial charge on any atom is 0.573 e. The topological polar surface area (TPSA) is 86.6 Å². The van der Waals surface area contributed by atoms with Crippen molar-refractivity contribution in [2.45, 2.75) is 19.5 Å². The first-order valence-corrected chi connectivity index (χ1v) is 12.5. The molecule has 0 spiro atoms. The van der Waals surface area contributed by atoms with E-state index in [1.54, 1.807) is 23.9 Å². The molecule has 0 radical (unpaired) electrons. The third-order valence-corrected chi connectivity index (χ3v) is 6.05. The monoisotopic (exact) mass is 562 g/mol. The van der Waals surface area contributed by atoms with Crippen molar-refractivity contribution >= 4 is 28.4 Å². The SMILES string of the molecule is COc1cccc(OCc2ccc(Cn3nc(NC(=O)Nc4ccccc4OC(F)(F)F)c4ccccc43)cc2)c1. The molecule has 4 aromatic carbocycles. The second-order valence-electron chi connectivity index (χ2n) is 8.93. The lowest BCUT2D eigenvalue weighted by molar-refractivity contribution is -0.274. The number of ether oxygens (including phenoxy) is 3. The second kappa shape index (κ2) is 11.9. The Morgan fingerprint density at radius 3 is 2.34 bits per heavy atom. The van der Waals surface area contributed by atoms with Crippen LogP contribution in [0.4, 0.5) is 29.5 Å². The number of benzene rings is 4. The quantitative estimate of drug-likeness (QED) is 0.198. The number of fused-ring (bicyclic) bond motifs is 1. The van der Waals surface area contributed by atoms with Gasteiger partial charge in [-0.25, -0.2) is 4.79 Å². The molecule has 0 unspecified atom stereocenters. The number of para-hydroxylation sites is 3. The summed E-state index contributed by atoms with van der Waals surface area (Å²) in [5.74, 6) is 1.16. The summed E-state index contributed by atoms with van der Waals surface area (Å²) in [4.78, 5) is 12.7. The highest BCUT2D eigenvalue weighted by molar-refractivity contribution is 6.05. The van der Waals surface area contributed by atoms with Crippen molar-refractivity contribution in [2.75, 3.05) is 17.7 Å². The van der Waals surface area contributed by atoms with Gasteiger partial charge in [-0.05, 0) is 47.5 Å². The standard InChI is InChI=1S/C30H25F3N4O4/c1-39-22-7-6-8-23(17-22)40-19-21-15-13-20(14-16-21)18-37-26-11-4-2-9-24(26)28(36-37)35-29(38)34-25-10-3-5-12-27(25)41-30(31,32)33/h2-17H,18-19H2,1H3,(H2,34,35,36,38). The summed E-state index contributed by atoms with van der Waals surface area (Å²) in [7, 11) is 1.60. The van der Waals surface area contributed by atoms with Crippen LogP contribution in [0.1, 0.15) is 11.1 Å². The molecule has 11 heteroatoms. The van der Waals surface area contributed by atoms with E-state index >= 15 is 0 Å². The number of amides is 2. The zero-order valence-electron chi connectivity index (χ0n) is 21.8. The molecule has 0 fully saturated rings. The summed E-state index contributed by atoms with van der Waals surface area (Å²) in [5.41, 5.74) is 2.59. The van der Waals surface area contributed by atoms with Gasteiger partial charge in [0.1, 0.15) is 18.1 Å². The number of carbonyl (C=O) groups is 1. The predicted molar refractivity (Wildman–Crippen MR) is 148 cm³/mol. The van der Waals surface area contributed by atoms with Crippen molar-refractivity contribution in [2.24, 2.45) is 0 Å². The van der Waals surface area contributed by atoms with Crippen LogP contribution in [0.15, 0.2) is 97.1 Å². The first-order valence-electron chi connectivity index (χ1n) is 12.5. The molecule has 0 aliphatic rings. The Kier molecular flexibility index (Phi) is 7.95. The van der Waals surface area contributed by atoms with E-state index in [1.165, 1.54) is 18.2 Å². The number of anilines is 2. The van der Waals surface area contributed by atoms with Crippen LogP contribution in [0.3, 0.4) is 0 Å². The lowest BCUT2D eigenvalue weighted by atomic mass is 10.1. The van der Waals surface area contributed by atoms with Crippen molar-refractivity contribution in [1.29, 1.82) is 0 Å². The highest BCUT2D eigenvalue weighted by Crippen LogP contribution is 2.30. The average Bonchev–Trinajstić information content (AvgIpc) is 3.29. The molecule has 0 aliphatic heterocycles. The van der Waals surface area contributed by atoms with Crippen LogP contribution in [-0.4, -0.2) is 29.3 Å². The number of aromatic nitrogens is 2. The van der Waals surface area contributed by atoms with Crippen LogP contribution in [0, 0.1) is 0 Å². The molecular weight excluding hydrogens is 537 g/mol. The highest BCUT2D eigenvalue weighted by Gasteiger charge is 2.32. The molecule has 5 aromatic rings. The van der Waals surface area contributed by atoms with Crippen LogP contribution >= 0.6 is 0 Å². The van der Waals surface area contributed by atoms with Gasteiger partial charge in [0.05, 0.1) is 24.9 Å². The average molecular weight is 563 g/mol. The number of hydrogen-bond donors (Lipinski definition) is 2. The van der Waals surface area contributed by atoms with E-state index in [4.69, 9.17) is 9.47 Å². The van der Waals surface area contributed by atoms with Gasteiger partial charge in [-0.15, -0.1) is 13.2 Å². The molecule has 0 saturated carbocycles. The number of urea groups is 1. The van der Waals surface area contributed by atoms with Gasteiger partial charge in [0.15, 0.2) is 11.6 Å². The van der Waals surface area contributed by atoms with Crippen molar-refractivity contribution in [3.05, 3.63) is 108 Å². The van der Waals surface area contributed by atoms with Crippen molar-refractivity contribution in [1.82, 2.24) is 9.78 Å². The Morgan fingerprint density at radius 1 is 0.854 bits per heavy atom. The largest absolute Gasteiger partial charge is 0.573 e. The number of nitrogens with one attached hydrogen (secondary N) is 2. The first-order chi connectivity index (χ1) is 19.8. The fourth-order valence-corrected chi connectivity index (χ4v) is 4.16. The molecule has 5 rings (SSSR count). The van der Waals surface area contributed by atoms with Gasteiger partial charge in [0, 0.05) is 11.5 Å². The lowest BCUT2D eigenvalue weighted by Crippen LogP contribution is -2.22. The molecule has 41 heavy (non-hydrogen) atoms. The minimum absolute atomic E-state index is 0.137. The number of rotatable bonds is 9. The van der Waals surface area contributed by atoms with E-state index in [0.29, 0.717) is 24.3 Å². The number of hydrogen-bond acceptors (Lipinski definition) is 5. The Balaban J connectivity index is 1.27. The van der Waals surface area contributed by atoms with Crippen LogP contribution in [0.2, 0.25) is 0 Å². The number of methoxy groups -OCH3 is 1. The summed E-state index contributed by atoms with van der Waals surface area (Å²) in [6.45, 7) is 0.807. The molecule has 0 atom stereocenters. The van der Waals surface area contributed by atoms with Crippen molar-refractivity contribution in [3.63, 3.8) is 0 Å². The van der Waals surface area contributed by atoms with Crippen molar-refractivity contribution in [3.8, 4) is 17.2 Å². The summed E-state index contributed by atoms with van der Waals surface area (Å²) in [6.07, 6.45) is -4.90. The highest BCUT2D eigenvalue weighted by atomic mass is 19.4. The van der Waals surface area contributed by atoms with Gasteiger partial charge in [-0.2, -0.15) is 5.10 Å². The second-order valence-corrected chi connectivity index (χ2v) is 8.93. The minimum atomic E-state index is -4.90. The fraction of sp³-hybridized carbons (Fsp3) is 0.133. The number of carbonyl (C=O) groups excluding carboxylic acids is 1. The molecule has 0 bridgehead atoms. The number of nitrogens with zero attached hydrogens (tertiary/aromatic N) is 2. The Bertz CT molecular complexity index is 1650. The number of halogens is 3. The van der Waals surface area contributed by atoms with E-state index in [0.717, 1.165) is 28.5 Å². The van der Waals surface area contributed by atoms with Crippen LogP contribution < -0.4 is 24.8 Å². The maximum atomic E-state index is 12.7. The van der Waals surface area contributed by atoms with Gasteiger partial charge in [0.2, 0.25) is 0 Å². The lowest BCUT2D eigenvalue weighted by Gasteiger charge is -2.13. The smallest absolute Gasteiger partial charge is 0.497 e. The third-order valence-electron chi connectivity index (χ3n) is 6.05. The molecule has 8 nitrogen and oxygen atoms in total. The van der Waals surface area contributed by atoms with E-state index in [2.05, 4.69) is 20.5 Å². The van der Waals surface area contributed by atoms with Gasteiger partial charge in [-0.1, -0.05) is 54.6 Å². The fourth-order valence-electron chi connectivity index (χ4n) is 4.16. The molecule has 1 aromatic heterocycles. The predicted octanol–water partition coefficient (Wildman–Crippen LogP) is 7.21. The van der Waals surface area contributed by atoms with Crippen LogP contribution in [-0.2, 0) is 13.2 Å². The summed E-state index contributed by atoms with van der Waals surface area (Å²) in [5, 5.41) is 10.3. The van der Waals surface area contributed by atoms with Crippen LogP contribution in [0.25, 0.3) is 10.9 Å². The number of alkyl halides is 3. The van der Waals surface area contributed by atoms with Crippen LogP contribution in [0.5, 0.6) is 17.2 Å². The molecule has 210 valence electrons. The van der Waals surface area contributed by atoms with E-state index < -0.39 is 18.1 Å². The van der Waals surface area contributed by atoms with Gasteiger partial charge in [0.25, 0.3) is 0 Å². The van der Waals surface area contributed by atoms with E-state index in [1.807, 2.05) is 60.7 Å². The molecule has 2 N–H and O–H groups in total. The maximum absolute atomic E-state index is 12.7. The minimum Gasteiger partial charge on any atom is -0.497 e. The van der Waals surface area contributed by atoms with Gasteiger partial charge < -0.3 is 19.5 Å². The Hall–Kier alpha value is -5.19. The molecular formula is C30H25F3N4O4. The molecule has 0 saturated heterocycles. The zero-order valence-corrected chi connectivity index (χ0v) is 21.8. The van der Waals surface area contributed by atoms with Gasteiger partial charge >= 0.3 is 12.4 Å². The van der Waals surface area contributed by atoms with Gasteiger partial charge in [-0.3, -0.25) is 10.00 Å². The molecule has 1 heterocycles. The summed E-state index contributed by atoms with van der Waals surface area (Å²) < 4.78 is 55.1. The van der Waals surface area contributed by atoms with Crippen molar-refractivity contribution < 1.29 is 32.2 Å². The van der Waals surface area contributed by atoms with E-state index in [9.17, 15) is 18.0 Å². The molecule has 2 amide bonds. The Morgan fingerprint density at radius 2 is 1.56 bits per heavy atom. The zero-order chi connectivity index (χ0) is 28.8. The summed E-state index contributed by atoms with van der Waals surface area (Å²) >= 11 is 0.